The molecule has 1 atom stereocenters. The van der Waals surface area contributed by atoms with Gasteiger partial charge in [-0.1, -0.05) is 48.5 Å². The maximum atomic E-state index is 13.6. The van der Waals surface area contributed by atoms with E-state index in [4.69, 9.17) is 9.84 Å². The summed E-state index contributed by atoms with van der Waals surface area (Å²) in [4.78, 5) is 19.7. The summed E-state index contributed by atoms with van der Waals surface area (Å²) in [7, 11) is 0. The van der Waals surface area contributed by atoms with Crippen LogP contribution in [0.25, 0.3) is 16.9 Å². The molecule has 31 heavy (non-hydrogen) atoms. The first-order valence-electron chi connectivity index (χ1n) is 10.3. The molecule has 0 unspecified atom stereocenters. The van der Waals surface area contributed by atoms with E-state index in [2.05, 4.69) is 4.98 Å². The summed E-state index contributed by atoms with van der Waals surface area (Å²) >= 11 is 0. The lowest BCUT2D eigenvalue weighted by Gasteiger charge is -2.33. The number of ether oxygens (including phenoxy) is 1. The van der Waals surface area contributed by atoms with Crippen molar-refractivity contribution < 1.29 is 9.53 Å². The van der Waals surface area contributed by atoms with Gasteiger partial charge in [0.2, 0.25) is 0 Å². The highest BCUT2D eigenvalue weighted by Gasteiger charge is 2.29. The zero-order valence-corrected chi connectivity index (χ0v) is 17.0. The number of benzene rings is 2. The molecule has 1 aliphatic rings. The summed E-state index contributed by atoms with van der Waals surface area (Å²) in [6, 6.07) is 23.6. The molecule has 6 nitrogen and oxygen atoms in total. The molecule has 2 aromatic carbocycles. The van der Waals surface area contributed by atoms with Gasteiger partial charge in [0.25, 0.3) is 5.91 Å². The minimum Gasteiger partial charge on any atom is -0.370 e. The van der Waals surface area contributed by atoms with Crippen molar-refractivity contribution in [3.8, 4) is 16.9 Å². The molecule has 0 bridgehead atoms. The normalized spacial score (nSPS) is 16.3. The van der Waals surface area contributed by atoms with Crippen LogP contribution in [0.4, 0.5) is 0 Å². The number of amides is 1. The Labute approximate surface area is 180 Å². The van der Waals surface area contributed by atoms with Crippen LogP contribution in [0.1, 0.15) is 22.0 Å². The molecule has 1 saturated heterocycles. The largest absolute Gasteiger partial charge is 0.370 e. The summed E-state index contributed by atoms with van der Waals surface area (Å²) in [6.07, 6.45) is 5.13. The highest BCUT2D eigenvalue weighted by molar-refractivity contribution is 6.00. The molecule has 1 amide bonds. The first kappa shape index (κ1) is 19.2. The summed E-state index contributed by atoms with van der Waals surface area (Å²) in [5.41, 5.74) is 3.98. The van der Waals surface area contributed by atoms with E-state index in [1.54, 1.807) is 17.1 Å². The minimum absolute atomic E-state index is 0.0507. The van der Waals surface area contributed by atoms with Gasteiger partial charge >= 0.3 is 0 Å². The van der Waals surface area contributed by atoms with Crippen LogP contribution >= 0.6 is 0 Å². The van der Waals surface area contributed by atoms with E-state index in [1.165, 1.54) is 0 Å². The topological polar surface area (TPSA) is 60.2 Å². The summed E-state index contributed by atoms with van der Waals surface area (Å²) in [5, 5.41) is 4.74. The van der Waals surface area contributed by atoms with Crippen LogP contribution in [-0.4, -0.2) is 45.3 Å². The SMILES string of the molecule is O=C(c1cn(-c2ccccc2)nc1-c1cccnc1)N1CCO[C@@H](c2ccccc2)C1. The van der Waals surface area contributed by atoms with Crippen LogP contribution in [-0.2, 0) is 4.74 Å². The van der Waals surface area contributed by atoms with Gasteiger partial charge in [0.1, 0.15) is 11.8 Å². The Morgan fingerprint density at radius 3 is 2.48 bits per heavy atom. The van der Waals surface area contributed by atoms with Crippen LogP contribution < -0.4 is 0 Å². The number of carbonyl (C=O) groups excluding carboxylic acids is 1. The molecule has 0 N–H and O–H groups in total. The van der Waals surface area contributed by atoms with Gasteiger partial charge in [-0.25, -0.2) is 4.68 Å². The number of aromatic nitrogens is 3. The van der Waals surface area contributed by atoms with Gasteiger partial charge < -0.3 is 9.64 Å². The summed E-state index contributed by atoms with van der Waals surface area (Å²) < 4.78 is 7.70. The number of para-hydroxylation sites is 1. The van der Waals surface area contributed by atoms with E-state index in [1.807, 2.05) is 83.9 Å². The zero-order valence-electron chi connectivity index (χ0n) is 17.0. The van der Waals surface area contributed by atoms with Gasteiger partial charge in [-0.15, -0.1) is 0 Å². The van der Waals surface area contributed by atoms with Gasteiger partial charge in [-0.3, -0.25) is 9.78 Å². The van der Waals surface area contributed by atoms with E-state index >= 15 is 0 Å². The predicted octanol–water partition coefficient (Wildman–Crippen LogP) is 4.15. The Balaban J connectivity index is 1.49. The first-order chi connectivity index (χ1) is 15.3. The zero-order chi connectivity index (χ0) is 21.0. The number of nitrogens with zero attached hydrogens (tertiary/aromatic N) is 4. The molecule has 4 aromatic rings. The second kappa shape index (κ2) is 8.53. The number of rotatable bonds is 4. The second-order valence-electron chi connectivity index (χ2n) is 7.43. The lowest BCUT2D eigenvalue weighted by Crippen LogP contribution is -2.42. The first-order valence-corrected chi connectivity index (χ1v) is 10.3. The predicted molar refractivity (Wildman–Crippen MR) is 118 cm³/mol. The number of morpholine rings is 1. The van der Waals surface area contributed by atoms with Crippen molar-refractivity contribution in [2.24, 2.45) is 0 Å². The molecule has 3 heterocycles. The fraction of sp³-hybridized carbons (Fsp3) is 0.160. The maximum Gasteiger partial charge on any atom is 0.257 e. The maximum absolute atomic E-state index is 13.6. The molecular formula is C25H22N4O2. The summed E-state index contributed by atoms with van der Waals surface area (Å²) in [6.45, 7) is 1.55. The molecule has 6 heteroatoms. The number of carbonyl (C=O) groups is 1. The Hall–Kier alpha value is -3.77. The van der Waals surface area contributed by atoms with Crippen molar-refractivity contribution in [2.75, 3.05) is 19.7 Å². The highest BCUT2D eigenvalue weighted by atomic mass is 16.5. The average Bonchev–Trinajstić information content (AvgIpc) is 3.31. The van der Waals surface area contributed by atoms with E-state index in [9.17, 15) is 4.79 Å². The van der Waals surface area contributed by atoms with E-state index in [0.717, 1.165) is 16.8 Å². The standard InChI is InChI=1S/C25H22N4O2/c30-25(28-14-15-31-23(18-28)19-8-3-1-4-9-19)22-17-29(21-11-5-2-6-12-21)27-24(22)20-10-7-13-26-16-20/h1-13,16-17,23H,14-15,18H2/t23-/m1/s1. The van der Waals surface area contributed by atoms with Crippen molar-refractivity contribution >= 4 is 5.91 Å². The van der Waals surface area contributed by atoms with Crippen molar-refractivity contribution in [1.82, 2.24) is 19.7 Å². The second-order valence-corrected chi connectivity index (χ2v) is 7.43. The molecule has 5 rings (SSSR count). The van der Waals surface area contributed by atoms with Gasteiger partial charge in [0, 0.05) is 30.7 Å². The van der Waals surface area contributed by atoms with Gasteiger partial charge in [0.15, 0.2) is 0 Å². The lowest BCUT2D eigenvalue weighted by atomic mass is 10.1. The summed E-state index contributed by atoms with van der Waals surface area (Å²) in [5.74, 6) is -0.0507. The van der Waals surface area contributed by atoms with Gasteiger partial charge in [0.05, 0.1) is 24.4 Å². The molecule has 1 fully saturated rings. The Morgan fingerprint density at radius 2 is 1.74 bits per heavy atom. The molecule has 0 aliphatic carbocycles. The van der Waals surface area contributed by atoms with E-state index in [0.29, 0.717) is 31.0 Å². The molecule has 2 aromatic heterocycles. The van der Waals surface area contributed by atoms with Gasteiger partial charge in [-0.05, 0) is 29.8 Å². The van der Waals surface area contributed by atoms with Crippen molar-refractivity contribution in [1.29, 1.82) is 0 Å². The van der Waals surface area contributed by atoms with Crippen LogP contribution in [0.2, 0.25) is 0 Å². The number of hydrogen-bond acceptors (Lipinski definition) is 4. The number of pyridine rings is 1. The van der Waals surface area contributed by atoms with Crippen molar-refractivity contribution in [3.63, 3.8) is 0 Å². The van der Waals surface area contributed by atoms with Crippen molar-refractivity contribution in [3.05, 3.63) is 103 Å². The van der Waals surface area contributed by atoms with Crippen LogP contribution in [0.15, 0.2) is 91.4 Å². The Bertz CT molecular complexity index is 1160. The van der Waals surface area contributed by atoms with Crippen LogP contribution in [0.5, 0.6) is 0 Å². The number of hydrogen-bond donors (Lipinski definition) is 0. The highest BCUT2D eigenvalue weighted by Crippen LogP contribution is 2.27. The third kappa shape index (κ3) is 3.98. The molecule has 0 spiro atoms. The Kier molecular flexibility index (Phi) is 5.29. The van der Waals surface area contributed by atoms with E-state index in [-0.39, 0.29) is 12.0 Å². The smallest absolute Gasteiger partial charge is 0.257 e. The molecule has 1 aliphatic heterocycles. The van der Waals surface area contributed by atoms with Crippen LogP contribution in [0, 0.1) is 0 Å². The molecule has 154 valence electrons. The van der Waals surface area contributed by atoms with E-state index < -0.39 is 0 Å². The molecular weight excluding hydrogens is 388 g/mol. The monoisotopic (exact) mass is 410 g/mol. The quantitative estimate of drug-likeness (QED) is 0.507. The average molecular weight is 410 g/mol. The molecule has 0 radical (unpaired) electrons. The molecule has 0 saturated carbocycles. The fourth-order valence-electron chi connectivity index (χ4n) is 3.83. The fourth-order valence-corrected chi connectivity index (χ4v) is 3.83. The lowest BCUT2D eigenvalue weighted by molar-refractivity contribution is -0.0228. The minimum atomic E-state index is -0.134. The third-order valence-corrected chi connectivity index (χ3v) is 5.43. The Morgan fingerprint density at radius 1 is 0.968 bits per heavy atom. The third-order valence-electron chi connectivity index (χ3n) is 5.43. The van der Waals surface area contributed by atoms with Crippen LogP contribution in [0.3, 0.4) is 0 Å². The van der Waals surface area contributed by atoms with Gasteiger partial charge in [-0.2, -0.15) is 5.10 Å². The van der Waals surface area contributed by atoms with Crippen molar-refractivity contribution in [2.45, 2.75) is 6.10 Å².